The van der Waals surface area contributed by atoms with E-state index in [1.54, 1.807) is 6.07 Å². The van der Waals surface area contributed by atoms with E-state index in [1.807, 2.05) is 19.1 Å². The molecule has 2 saturated heterocycles. The predicted octanol–water partition coefficient (Wildman–Crippen LogP) is 3.03. The molecule has 5 nitrogen and oxygen atoms in total. The van der Waals surface area contributed by atoms with Crippen molar-refractivity contribution in [1.29, 1.82) is 0 Å². The van der Waals surface area contributed by atoms with E-state index in [0.717, 1.165) is 44.6 Å². The minimum Gasteiger partial charge on any atom is -0.466 e. The Morgan fingerprint density at radius 2 is 2.24 bits per heavy atom. The maximum absolute atomic E-state index is 12.0. The Kier molecular flexibility index (Phi) is 6.58. The highest BCUT2D eigenvalue weighted by molar-refractivity contribution is 6.35. The molecule has 2 fully saturated rings. The lowest BCUT2D eigenvalue weighted by Gasteiger charge is -2.34. The number of nitrogens with one attached hydrogen (secondary N) is 2. The van der Waals surface area contributed by atoms with E-state index in [1.165, 1.54) is 0 Å². The number of halogens is 2. The van der Waals surface area contributed by atoms with Crippen molar-refractivity contribution in [1.82, 2.24) is 15.8 Å². The van der Waals surface area contributed by atoms with Crippen LogP contribution in [0, 0.1) is 11.8 Å². The van der Waals surface area contributed by atoms with Crippen molar-refractivity contribution in [2.24, 2.45) is 11.8 Å². The highest BCUT2D eigenvalue weighted by Gasteiger charge is 2.34. The van der Waals surface area contributed by atoms with Crippen LogP contribution in [-0.4, -0.2) is 43.7 Å². The zero-order chi connectivity index (χ0) is 17.8. The second-order valence-electron chi connectivity index (χ2n) is 6.78. The minimum atomic E-state index is -0.0628. The number of hydrogen-bond donors (Lipinski definition) is 2. The number of rotatable bonds is 5. The number of benzene rings is 1. The van der Waals surface area contributed by atoms with Crippen molar-refractivity contribution in [3.05, 3.63) is 33.8 Å². The molecule has 0 spiro atoms. The van der Waals surface area contributed by atoms with E-state index in [-0.39, 0.29) is 17.9 Å². The van der Waals surface area contributed by atoms with Crippen LogP contribution in [0.25, 0.3) is 0 Å². The molecule has 3 unspecified atom stereocenters. The van der Waals surface area contributed by atoms with Crippen LogP contribution >= 0.6 is 23.2 Å². The number of ether oxygens (including phenoxy) is 1. The zero-order valence-electron chi connectivity index (χ0n) is 14.4. The van der Waals surface area contributed by atoms with E-state index in [2.05, 4.69) is 15.8 Å². The summed E-state index contributed by atoms with van der Waals surface area (Å²) >= 11 is 12.4. The molecular weight excluding hydrogens is 361 g/mol. The molecule has 1 aromatic rings. The SMILES string of the molecule is CCOC(=O)C1CCCN(CC2CNNC2c2ccc(Cl)cc2Cl)C1. The maximum atomic E-state index is 12.0. The lowest BCUT2D eigenvalue weighted by atomic mass is 9.92. The quantitative estimate of drug-likeness (QED) is 0.762. The van der Waals surface area contributed by atoms with Gasteiger partial charge in [0.25, 0.3) is 0 Å². The summed E-state index contributed by atoms with van der Waals surface area (Å²) in [6.07, 6.45) is 1.95. The van der Waals surface area contributed by atoms with Crippen molar-refractivity contribution in [3.8, 4) is 0 Å². The number of carbonyl (C=O) groups is 1. The van der Waals surface area contributed by atoms with Gasteiger partial charge in [-0.05, 0) is 44.0 Å². The third-order valence-electron chi connectivity index (χ3n) is 5.01. The largest absolute Gasteiger partial charge is 0.466 e. The summed E-state index contributed by atoms with van der Waals surface area (Å²) in [7, 11) is 0. The van der Waals surface area contributed by atoms with Crippen LogP contribution in [-0.2, 0) is 9.53 Å². The van der Waals surface area contributed by atoms with Gasteiger partial charge in [-0.3, -0.25) is 10.2 Å². The third-order valence-corrected chi connectivity index (χ3v) is 5.57. The molecule has 0 saturated carbocycles. The monoisotopic (exact) mass is 385 g/mol. The van der Waals surface area contributed by atoms with E-state index in [4.69, 9.17) is 27.9 Å². The summed E-state index contributed by atoms with van der Waals surface area (Å²) in [5, 5.41) is 1.33. The third kappa shape index (κ3) is 4.66. The van der Waals surface area contributed by atoms with E-state index >= 15 is 0 Å². The number of esters is 1. The Balaban J connectivity index is 1.64. The Labute approximate surface area is 159 Å². The molecule has 3 atom stereocenters. The maximum Gasteiger partial charge on any atom is 0.310 e. The van der Waals surface area contributed by atoms with Crippen molar-refractivity contribution in [2.75, 3.05) is 32.8 Å². The molecular formula is C18H25Cl2N3O2. The van der Waals surface area contributed by atoms with Gasteiger partial charge in [0.05, 0.1) is 18.6 Å². The van der Waals surface area contributed by atoms with Crippen LogP contribution < -0.4 is 10.9 Å². The number of nitrogens with zero attached hydrogens (tertiary/aromatic N) is 1. The minimum absolute atomic E-state index is 0.00593. The van der Waals surface area contributed by atoms with Crippen LogP contribution in [0.4, 0.5) is 0 Å². The molecule has 138 valence electrons. The van der Waals surface area contributed by atoms with Crippen molar-refractivity contribution in [2.45, 2.75) is 25.8 Å². The molecule has 7 heteroatoms. The average Bonchev–Trinajstić information content (AvgIpc) is 3.03. The summed E-state index contributed by atoms with van der Waals surface area (Å²) in [6, 6.07) is 5.78. The topological polar surface area (TPSA) is 53.6 Å². The second-order valence-corrected chi connectivity index (χ2v) is 7.62. The zero-order valence-corrected chi connectivity index (χ0v) is 15.9. The van der Waals surface area contributed by atoms with Gasteiger partial charge in [-0.2, -0.15) is 0 Å². The van der Waals surface area contributed by atoms with Gasteiger partial charge < -0.3 is 9.64 Å². The number of likely N-dealkylation sites (tertiary alicyclic amines) is 1. The van der Waals surface area contributed by atoms with Crippen molar-refractivity contribution in [3.63, 3.8) is 0 Å². The summed E-state index contributed by atoms with van der Waals surface area (Å²) in [5.41, 5.74) is 7.63. The number of hydrazine groups is 1. The molecule has 2 aliphatic rings. The van der Waals surface area contributed by atoms with Gasteiger partial charge in [-0.25, -0.2) is 5.43 Å². The lowest BCUT2D eigenvalue weighted by molar-refractivity contribution is -0.150. The molecule has 2 aliphatic heterocycles. The fourth-order valence-corrected chi connectivity index (χ4v) is 4.32. The summed E-state index contributed by atoms with van der Waals surface area (Å²) in [6.45, 7) is 5.88. The van der Waals surface area contributed by atoms with Gasteiger partial charge in [-0.1, -0.05) is 29.3 Å². The Morgan fingerprint density at radius 1 is 1.40 bits per heavy atom. The Morgan fingerprint density at radius 3 is 3.00 bits per heavy atom. The molecule has 0 aromatic heterocycles. The molecule has 3 rings (SSSR count). The molecule has 1 aromatic carbocycles. The first-order valence-electron chi connectivity index (χ1n) is 8.90. The first kappa shape index (κ1) is 18.9. The molecule has 2 heterocycles. The summed E-state index contributed by atoms with van der Waals surface area (Å²) < 4.78 is 5.20. The van der Waals surface area contributed by atoms with E-state index in [9.17, 15) is 4.79 Å². The average molecular weight is 386 g/mol. The first-order chi connectivity index (χ1) is 12.1. The number of carbonyl (C=O) groups excluding carboxylic acids is 1. The van der Waals surface area contributed by atoms with Crippen molar-refractivity contribution < 1.29 is 9.53 Å². The van der Waals surface area contributed by atoms with E-state index < -0.39 is 0 Å². The second kappa shape index (κ2) is 8.69. The normalized spacial score (nSPS) is 27.4. The Bertz CT molecular complexity index is 614. The van der Waals surface area contributed by atoms with Crippen LogP contribution in [0.2, 0.25) is 10.0 Å². The molecule has 0 radical (unpaired) electrons. The smallest absolute Gasteiger partial charge is 0.310 e. The highest BCUT2D eigenvalue weighted by Crippen LogP contribution is 2.33. The van der Waals surface area contributed by atoms with Crippen LogP contribution in [0.15, 0.2) is 18.2 Å². The predicted molar refractivity (Wildman–Crippen MR) is 99.6 cm³/mol. The standard InChI is InChI=1S/C18H25Cl2N3O2/c1-2-25-18(24)12-4-3-7-23(10-12)11-13-9-21-22-17(13)15-6-5-14(19)8-16(15)20/h5-6,8,12-13,17,21-22H,2-4,7,9-11H2,1H3. The molecule has 0 bridgehead atoms. The van der Waals surface area contributed by atoms with Crippen LogP contribution in [0.3, 0.4) is 0 Å². The van der Waals surface area contributed by atoms with Gasteiger partial charge in [-0.15, -0.1) is 0 Å². The van der Waals surface area contributed by atoms with Crippen molar-refractivity contribution >= 4 is 29.2 Å². The number of hydrogen-bond acceptors (Lipinski definition) is 5. The van der Waals surface area contributed by atoms with Gasteiger partial charge in [0, 0.05) is 35.6 Å². The fraction of sp³-hybridized carbons (Fsp3) is 0.611. The van der Waals surface area contributed by atoms with E-state index in [0.29, 0.717) is 22.6 Å². The van der Waals surface area contributed by atoms with Gasteiger partial charge in [0.15, 0.2) is 0 Å². The first-order valence-corrected chi connectivity index (χ1v) is 9.66. The van der Waals surface area contributed by atoms with Gasteiger partial charge in [0.2, 0.25) is 0 Å². The number of piperidine rings is 1. The van der Waals surface area contributed by atoms with Gasteiger partial charge in [0.1, 0.15) is 0 Å². The lowest BCUT2D eigenvalue weighted by Crippen LogP contribution is -2.42. The summed E-state index contributed by atoms with van der Waals surface area (Å²) in [5.74, 6) is 0.306. The fourth-order valence-electron chi connectivity index (χ4n) is 3.80. The van der Waals surface area contributed by atoms with Crippen LogP contribution in [0.1, 0.15) is 31.4 Å². The molecule has 0 aliphatic carbocycles. The molecule has 2 N–H and O–H groups in total. The summed E-state index contributed by atoms with van der Waals surface area (Å²) in [4.78, 5) is 14.4. The Hall–Kier alpha value is -0.850. The molecule has 0 amide bonds. The molecule has 25 heavy (non-hydrogen) atoms. The van der Waals surface area contributed by atoms with Gasteiger partial charge >= 0.3 is 5.97 Å². The highest BCUT2D eigenvalue weighted by atomic mass is 35.5. The van der Waals surface area contributed by atoms with Crippen LogP contribution in [0.5, 0.6) is 0 Å².